The van der Waals surface area contributed by atoms with Crippen LogP contribution in [0.4, 0.5) is 4.79 Å². The van der Waals surface area contributed by atoms with Crippen LogP contribution in [-0.2, 0) is 4.74 Å². The number of carbonyl (C=O) groups is 2. The van der Waals surface area contributed by atoms with Gasteiger partial charge in [0.15, 0.2) is 0 Å². The molecule has 1 aliphatic heterocycles. The van der Waals surface area contributed by atoms with Crippen LogP contribution in [0.3, 0.4) is 0 Å². The monoisotopic (exact) mass is 459 g/mol. The van der Waals surface area contributed by atoms with Crippen LogP contribution in [0.25, 0.3) is 16.7 Å². The molecule has 4 rings (SSSR count). The molecule has 1 saturated heterocycles. The molecule has 0 spiro atoms. The van der Waals surface area contributed by atoms with Gasteiger partial charge in [-0.05, 0) is 76.6 Å². The Balaban J connectivity index is 1.48. The van der Waals surface area contributed by atoms with Gasteiger partial charge in [0.2, 0.25) is 0 Å². The Morgan fingerprint density at radius 3 is 2.53 bits per heavy atom. The Bertz CT molecular complexity index is 1280. The number of hydrogen-bond acceptors (Lipinski definition) is 5. The van der Waals surface area contributed by atoms with Crippen molar-refractivity contribution in [1.29, 1.82) is 5.26 Å². The fraction of sp³-hybridized carbons (Fsp3) is 0.385. The van der Waals surface area contributed by atoms with Gasteiger partial charge in [0.25, 0.3) is 5.91 Å². The maximum Gasteiger partial charge on any atom is 0.410 e. The van der Waals surface area contributed by atoms with E-state index >= 15 is 0 Å². The molecule has 1 aromatic heterocycles. The number of ether oxygens (including phenoxy) is 1. The van der Waals surface area contributed by atoms with E-state index in [1.807, 2.05) is 62.6 Å². The summed E-state index contributed by atoms with van der Waals surface area (Å²) in [5, 5.41) is 9.14. The van der Waals surface area contributed by atoms with Crippen molar-refractivity contribution in [1.82, 2.24) is 19.4 Å². The molecule has 176 valence electrons. The van der Waals surface area contributed by atoms with Gasteiger partial charge in [0.1, 0.15) is 11.4 Å². The van der Waals surface area contributed by atoms with Crippen molar-refractivity contribution >= 4 is 23.0 Å². The Morgan fingerprint density at radius 2 is 1.88 bits per heavy atom. The van der Waals surface area contributed by atoms with Gasteiger partial charge in [-0.3, -0.25) is 9.36 Å². The number of nitriles is 1. The van der Waals surface area contributed by atoms with E-state index in [4.69, 9.17) is 10.00 Å². The first-order valence-electron chi connectivity index (χ1n) is 11.3. The fourth-order valence-electron chi connectivity index (χ4n) is 4.27. The minimum Gasteiger partial charge on any atom is -0.444 e. The molecule has 34 heavy (non-hydrogen) atoms. The third-order valence-electron chi connectivity index (χ3n) is 6.01. The van der Waals surface area contributed by atoms with Crippen LogP contribution in [0.1, 0.15) is 48.9 Å². The number of carbonyl (C=O) groups excluding carboxylic acids is 2. The number of imidazole rings is 1. The van der Waals surface area contributed by atoms with E-state index in [9.17, 15) is 9.59 Å². The van der Waals surface area contributed by atoms with Gasteiger partial charge in [-0.2, -0.15) is 5.26 Å². The van der Waals surface area contributed by atoms with Crippen LogP contribution in [0.5, 0.6) is 0 Å². The SMILES string of the molecule is Cc1nc2cc(C#N)ccc2n1-c1ccc(C(=O)N(C)[C@@H]2CCN(C(=O)OC(C)(C)C)C2)cc1. The summed E-state index contributed by atoms with van der Waals surface area (Å²) >= 11 is 0. The minimum absolute atomic E-state index is 0.0612. The normalized spacial score (nSPS) is 15.9. The number of amides is 2. The zero-order valence-corrected chi connectivity index (χ0v) is 20.2. The first-order chi connectivity index (χ1) is 16.1. The summed E-state index contributed by atoms with van der Waals surface area (Å²) in [6, 6.07) is 14.9. The van der Waals surface area contributed by atoms with Gasteiger partial charge in [0, 0.05) is 31.4 Å². The standard InChI is InChI=1S/C26H29N5O3/c1-17-28-22-14-18(15-27)6-11-23(22)31(17)20-9-7-19(8-10-20)24(32)29(5)21-12-13-30(16-21)25(33)34-26(2,3)4/h6-11,14,21H,12-13,16H2,1-5H3/t21-/m1/s1. The molecule has 1 atom stereocenters. The molecule has 8 heteroatoms. The average Bonchev–Trinajstić information content (AvgIpc) is 3.41. The number of aryl methyl sites for hydroxylation is 1. The molecular formula is C26H29N5O3. The third-order valence-corrected chi connectivity index (χ3v) is 6.01. The van der Waals surface area contributed by atoms with Gasteiger partial charge < -0.3 is 14.5 Å². The number of nitrogens with zero attached hydrogens (tertiary/aromatic N) is 5. The van der Waals surface area contributed by atoms with Crippen molar-refractivity contribution in [3.05, 3.63) is 59.4 Å². The molecule has 0 unspecified atom stereocenters. The number of likely N-dealkylation sites (N-methyl/N-ethyl adjacent to an activating group) is 1. The molecule has 0 aliphatic carbocycles. The van der Waals surface area contributed by atoms with E-state index < -0.39 is 5.60 Å². The Morgan fingerprint density at radius 1 is 1.18 bits per heavy atom. The van der Waals surface area contributed by atoms with E-state index in [0.717, 1.165) is 22.5 Å². The van der Waals surface area contributed by atoms with Crippen molar-refractivity contribution in [3.8, 4) is 11.8 Å². The Kier molecular flexibility index (Phi) is 6.05. The fourth-order valence-corrected chi connectivity index (χ4v) is 4.27. The highest BCUT2D eigenvalue weighted by molar-refractivity contribution is 5.94. The molecule has 8 nitrogen and oxygen atoms in total. The highest BCUT2D eigenvalue weighted by Gasteiger charge is 2.33. The van der Waals surface area contributed by atoms with Gasteiger partial charge in [-0.25, -0.2) is 9.78 Å². The number of fused-ring (bicyclic) bond motifs is 1. The smallest absolute Gasteiger partial charge is 0.410 e. The summed E-state index contributed by atoms with van der Waals surface area (Å²) in [5.74, 6) is 0.711. The van der Waals surface area contributed by atoms with Crippen LogP contribution in [0.2, 0.25) is 0 Å². The molecule has 1 fully saturated rings. The van der Waals surface area contributed by atoms with Crippen LogP contribution in [-0.4, -0.2) is 63.1 Å². The molecule has 1 aliphatic rings. The van der Waals surface area contributed by atoms with Crippen LogP contribution in [0, 0.1) is 18.3 Å². The first-order valence-corrected chi connectivity index (χ1v) is 11.3. The molecule has 0 bridgehead atoms. The van der Waals surface area contributed by atoms with Gasteiger partial charge in [-0.15, -0.1) is 0 Å². The van der Waals surface area contributed by atoms with E-state index in [1.165, 1.54) is 0 Å². The van der Waals surface area contributed by atoms with E-state index in [2.05, 4.69) is 11.1 Å². The second-order valence-corrected chi connectivity index (χ2v) is 9.64. The zero-order valence-electron chi connectivity index (χ0n) is 20.2. The topological polar surface area (TPSA) is 91.5 Å². The molecule has 2 heterocycles. The number of benzene rings is 2. The van der Waals surface area contributed by atoms with Crippen molar-refractivity contribution in [2.75, 3.05) is 20.1 Å². The highest BCUT2D eigenvalue weighted by Crippen LogP contribution is 2.24. The lowest BCUT2D eigenvalue weighted by Gasteiger charge is -2.27. The molecule has 2 amide bonds. The van der Waals surface area contributed by atoms with Crippen LogP contribution >= 0.6 is 0 Å². The number of aromatic nitrogens is 2. The summed E-state index contributed by atoms with van der Waals surface area (Å²) in [4.78, 5) is 33.4. The van der Waals surface area contributed by atoms with Crippen molar-refractivity contribution in [2.24, 2.45) is 0 Å². The highest BCUT2D eigenvalue weighted by atomic mass is 16.6. The summed E-state index contributed by atoms with van der Waals surface area (Å²) in [6.07, 6.45) is 0.370. The maximum atomic E-state index is 13.1. The van der Waals surface area contributed by atoms with E-state index in [1.54, 1.807) is 29.0 Å². The van der Waals surface area contributed by atoms with E-state index in [-0.39, 0.29) is 18.0 Å². The molecule has 0 N–H and O–H groups in total. The first kappa shape index (κ1) is 23.3. The number of rotatable bonds is 3. The summed E-state index contributed by atoms with van der Waals surface area (Å²) in [7, 11) is 1.78. The lowest BCUT2D eigenvalue weighted by molar-refractivity contribution is 0.0279. The summed E-state index contributed by atoms with van der Waals surface area (Å²) < 4.78 is 7.46. The largest absolute Gasteiger partial charge is 0.444 e. The van der Waals surface area contributed by atoms with Crippen LogP contribution in [0.15, 0.2) is 42.5 Å². The number of hydrogen-bond donors (Lipinski definition) is 0. The van der Waals surface area contributed by atoms with Crippen molar-refractivity contribution in [2.45, 2.75) is 45.8 Å². The Labute approximate surface area is 199 Å². The molecule has 0 saturated carbocycles. The predicted molar refractivity (Wildman–Crippen MR) is 129 cm³/mol. The van der Waals surface area contributed by atoms with E-state index in [0.29, 0.717) is 30.6 Å². The second kappa shape index (κ2) is 8.82. The van der Waals surface area contributed by atoms with Crippen molar-refractivity contribution < 1.29 is 14.3 Å². The zero-order chi connectivity index (χ0) is 24.6. The molecular weight excluding hydrogens is 430 g/mol. The average molecular weight is 460 g/mol. The second-order valence-electron chi connectivity index (χ2n) is 9.64. The molecule has 3 aromatic rings. The number of likely N-dealkylation sites (tertiary alicyclic amines) is 1. The Hall–Kier alpha value is -3.86. The third kappa shape index (κ3) is 4.60. The molecule has 2 aromatic carbocycles. The maximum absolute atomic E-state index is 13.1. The molecule has 0 radical (unpaired) electrons. The quantitative estimate of drug-likeness (QED) is 0.583. The predicted octanol–water partition coefficient (Wildman–Crippen LogP) is 4.29. The van der Waals surface area contributed by atoms with Crippen molar-refractivity contribution in [3.63, 3.8) is 0 Å². The summed E-state index contributed by atoms with van der Waals surface area (Å²) in [6.45, 7) is 8.46. The lowest BCUT2D eigenvalue weighted by atomic mass is 10.1. The lowest BCUT2D eigenvalue weighted by Crippen LogP contribution is -2.41. The minimum atomic E-state index is -0.546. The summed E-state index contributed by atoms with van der Waals surface area (Å²) in [5.41, 5.74) is 3.15. The van der Waals surface area contributed by atoms with Gasteiger partial charge >= 0.3 is 6.09 Å². The van der Waals surface area contributed by atoms with Gasteiger partial charge in [-0.1, -0.05) is 0 Å². The van der Waals surface area contributed by atoms with Gasteiger partial charge in [0.05, 0.1) is 28.7 Å². The van der Waals surface area contributed by atoms with Crippen LogP contribution < -0.4 is 0 Å².